The standard InChI is InChI=1S/C31H35ClF3N3O4S/c1-5-28(30(40)36-21(2)3)37(18-17-23-9-7-6-8-10-23)29(39)20-38(43(41,42)25-14-11-22(4)12-15-25)24-13-16-27(32)26(19-24)31(33,34)35/h6-16,19,21,28H,5,17-18,20H2,1-4H3,(H,36,40)/t28-/m0/s1. The summed E-state index contributed by atoms with van der Waals surface area (Å²) in [6.45, 7) is 6.24. The van der Waals surface area contributed by atoms with E-state index in [4.69, 9.17) is 11.6 Å². The number of nitrogens with one attached hydrogen (secondary N) is 1. The van der Waals surface area contributed by atoms with E-state index in [1.807, 2.05) is 30.3 Å². The summed E-state index contributed by atoms with van der Waals surface area (Å²) < 4.78 is 69.8. The number of alkyl halides is 3. The summed E-state index contributed by atoms with van der Waals surface area (Å²) in [7, 11) is -4.54. The minimum atomic E-state index is -4.87. The van der Waals surface area contributed by atoms with Gasteiger partial charge in [-0.05, 0) is 69.5 Å². The number of carbonyl (C=O) groups excluding carboxylic acids is 2. The maximum absolute atomic E-state index is 14.0. The van der Waals surface area contributed by atoms with Crippen molar-refractivity contribution < 1.29 is 31.2 Å². The Balaban J connectivity index is 2.11. The quantitative estimate of drug-likeness (QED) is 0.255. The van der Waals surface area contributed by atoms with Crippen molar-refractivity contribution in [1.82, 2.24) is 10.2 Å². The molecule has 0 spiro atoms. The number of anilines is 1. The number of sulfonamides is 1. The van der Waals surface area contributed by atoms with Crippen LogP contribution in [0.4, 0.5) is 18.9 Å². The lowest BCUT2D eigenvalue weighted by molar-refractivity contribution is -0.139. The first-order valence-corrected chi connectivity index (χ1v) is 15.6. The molecule has 0 heterocycles. The zero-order valence-electron chi connectivity index (χ0n) is 24.4. The number of hydrogen-bond acceptors (Lipinski definition) is 4. The summed E-state index contributed by atoms with van der Waals surface area (Å²) in [6.07, 6.45) is -4.29. The minimum Gasteiger partial charge on any atom is -0.352 e. The molecule has 43 heavy (non-hydrogen) atoms. The molecule has 2 amide bonds. The molecule has 0 unspecified atom stereocenters. The molecule has 0 saturated carbocycles. The van der Waals surface area contributed by atoms with Crippen molar-refractivity contribution in [3.8, 4) is 0 Å². The zero-order valence-corrected chi connectivity index (χ0v) is 25.9. The Morgan fingerprint density at radius 2 is 1.60 bits per heavy atom. The Kier molecular flexibility index (Phi) is 11.3. The fourth-order valence-electron chi connectivity index (χ4n) is 4.53. The SMILES string of the molecule is CC[C@@H](C(=O)NC(C)C)N(CCc1ccccc1)C(=O)CN(c1ccc(Cl)c(C(F)(F)F)c1)S(=O)(=O)c1ccc(C)cc1. The van der Waals surface area contributed by atoms with E-state index < -0.39 is 56.9 Å². The van der Waals surface area contributed by atoms with Crippen LogP contribution in [0.5, 0.6) is 0 Å². The van der Waals surface area contributed by atoms with E-state index in [9.17, 15) is 31.2 Å². The number of amides is 2. The molecule has 0 radical (unpaired) electrons. The number of rotatable bonds is 12. The van der Waals surface area contributed by atoms with Crippen molar-refractivity contribution in [2.75, 3.05) is 17.4 Å². The molecule has 232 valence electrons. The highest BCUT2D eigenvalue weighted by Crippen LogP contribution is 2.38. The summed E-state index contributed by atoms with van der Waals surface area (Å²) in [5, 5.41) is 2.18. The maximum atomic E-state index is 14.0. The Morgan fingerprint density at radius 1 is 0.977 bits per heavy atom. The van der Waals surface area contributed by atoms with Crippen LogP contribution in [0.25, 0.3) is 0 Å². The molecular weight excluding hydrogens is 603 g/mol. The zero-order chi connectivity index (χ0) is 31.9. The van der Waals surface area contributed by atoms with Crippen LogP contribution in [-0.2, 0) is 32.2 Å². The molecule has 3 aromatic carbocycles. The number of halogens is 4. The molecule has 0 aromatic heterocycles. The van der Waals surface area contributed by atoms with Gasteiger partial charge < -0.3 is 10.2 Å². The summed E-state index contributed by atoms with van der Waals surface area (Å²) >= 11 is 5.82. The van der Waals surface area contributed by atoms with Crippen LogP contribution in [0, 0.1) is 6.92 Å². The minimum absolute atomic E-state index is 0.0692. The number of carbonyl (C=O) groups is 2. The molecule has 12 heteroatoms. The van der Waals surface area contributed by atoms with Crippen molar-refractivity contribution in [1.29, 1.82) is 0 Å². The Bertz CT molecular complexity index is 1520. The molecule has 0 aliphatic rings. The van der Waals surface area contributed by atoms with Gasteiger partial charge in [0.1, 0.15) is 12.6 Å². The monoisotopic (exact) mass is 637 g/mol. The van der Waals surface area contributed by atoms with E-state index in [1.54, 1.807) is 39.8 Å². The van der Waals surface area contributed by atoms with Gasteiger partial charge in [0.05, 0.1) is 21.2 Å². The van der Waals surface area contributed by atoms with E-state index in [1.165, 1.54) is 17.0 Å². The van der Waals surface area contributed by atoms with E-state index in [2.05, 4.69) is 5.32 Å². The second-order valence-electron chi connectivity index (χ2n) is 10.4. The van der Waals surface area contributed by atoms with Gasteiger partial charge in [0.2, 0.25) is 11.8 Å². The topological polar surface area (TPSA) is 86.8 Å². The molecule has 7 nitrogen and oxygen atoms in total. The second kappa shape index (κ2) is 14.3. The first-order chi connectivity index (χ1) is 20.1. The van der Waals surface area contributed by atoms with Crippen molar-refractivity contribution in [3.63, 3.8) is 0 Å². The van der Waals surface area contributed by atoms with Crippen LogP contribution < -0.4 is 9.62 Å². The van der Waals surface area contributed by atoms with Crippen LogP contribution in [0.3, 0.4) is 0 Å². The fourth-order valence-corrected chi connectivity index (χ4v) is 6.16. The van der Waals surface area contributed by atoms with Gasteiger partial charge in [0, 0.05) is 12.6 Å². The van der Waals surface area contributed by atoms with Crippen LogP contribution in [0.2, 0.25) is 5.02 Å². The van der Waals surface area contributed by atoms with E-state index >= 15 is 0 Å². The highest BCUT2D eigenvalue weighted by Gasteiger charge is 2.37. The third kappa shape index (κ3) is 8.73. The van der Waals surface area contributed by atoms with Crippen LogP contribution >= 0.6 is 11.6 Å². The van der Waals surface area contributed by atoms with Gasteiger partial charge in [-0.1, -0.05) is 66.6 Å². The second-order valence-corrected chi connectivity index (χ2v) is 12.7. The van der Waals surface area contributed by atoms with Gasteiger partial charge in [-0.2, -0.15) is 13.2 Å². The van der Waals surface area contributed by atoms with Crippen molar-refractivity contribution in [2.45, 2.75) is 63.7 Å². The molecule has 3 rings (SSSR count). The number of benzene rings is 3. The van der Waals surface area contributed by atoms with E-state index in [0.29, 0.717) is 16.8 Å². The van der Waals surface area contributed by atoms with Gasteiger partial charge in [-0.3, -0.25) is 13.9 Å². The molecule has 0 fully saturated rings. The maximum Gasteiger partial charge on any atom is 0.417 e. The summed E-state index contributed by atoms with van der Waals surface area (Å²) in [5.41, 5.74) is 0.0118. The highest BCUT2D eigenvalue weighted by molar-refractivity contribution is 7.92. The molecule has 0 aliphatic heterocycles. The highest BCUT2D eigenvalue weighted by atomic mass is 35.5. The molecule has 3 aromatic rings. The number of hydrogen-bond donors (Lipinski definition) is 1. The summed E-state index contributed by atoms with van der Waals surface area (Å²) in [4.78, 5) is 28.3. The number of nitrogens with zero attached hydrogens (tertiary/aromatic N) is 2. The predicted molar refractivity (Wildman–Crippen MR) is 161 cm³/mol. The molecular formula is C31H35ClF3N3O4S. The Morgan fingerprint density at radius 3 is 2.16 bits per heavy atom. The third-order valence-corrected chi connectivity index (χ3v) is 8.85. The molecule has 0 bridgehead atoms. The summed E-state index contributed by atoms with van der Waals surface area (Å²) in [5.74, 6) is -1.17. The van der Waals surface area contributed by atoms with Crippen LogP contribution in [0.1, 0.15) is 43.9 Å². The third-order valence-electron chi connectivity index (χ3n) is 6.73. The fraction of sp³-hybridized carbons (Fsp3) is 0.355. The van der Waals surface area contributed by atoms with Gasteiger partial charge in [-0.15, -0.1) is 0 Å². The summed E-state index contributed by atoms with van der Waals surface area (Å²) in [6, 6.07) is 16.5. The van der Waals surface area contributed by atoms with Crippen LogP contribution in [0.15, 0.2) is 77.7 Å². The molecule has 0 aliphatic carbocycles. The lowest BCUT2D eigenvalue weighted by Gasteiger charge is -2.33. The molecule has 0 saturated heterocycles. The van der Waals surface area contributed by atoms with Crippen LogP contribution in [-0.4, -0.2) is 50.3 Å². The van der Waals surface area contributed by atoms with Crippen molar-refractivity contribution >= 4 is 39.1 Å². The first-order valence-electron chi connectivity index (χ1n) is 13.7. The lowest BCUT2D eigenvalue weighted by atomic mass is 10.1. The van der Waals surface area contributed by atoms with Gasteiger partial charge in [0.25, 0.3) is 10.0 Å². The smallest absolute Gasteiger partial charge is 0.352 e. The molecule has 1 N–H and O–H groups in total. The largest absolute Gasteiger partial charge is 0.417 e. The average Bonchev–Trinajstić information content (AvgIpc) is 2.94. The molecule has 1 atom stereocenters. The van der Waals surface area contributed by atoms with E-state index in [0.717, 1.165) is 23.3 Å². The van der Waals surface area contributed by atoms with Crippen molar-refractivity contribution in [3.05, 3.63) is 94.5 Å². The first kappa shape index (κ1) is 33.9. The average molecular weight is 638 g/mol. The van der Waals surface area contributed by atoms with E-state index in [-0.39, 0.29) is 23.9 Å². The lowest BCUT2D eigenvalue weighted by Crippen LogP contribution is -2.54. The Hall–Kier alpha value is -3.57. The van der Waals surface area contributed by atoms with Gasteiger partial charge >= 0.3 is 6.18 Å². The predicted octanol–water partition coefficient (Wildman–Crippen LogP) is 6.24. The number of aryl methyl sites for hydroxylation is 1. The normalized spacial score (nSPS) is 12.6. The Labute approximate surface area is 255 Å². The van der Waals surface area contributed by atoms with Gasteiger partial charge in [-0.25, -0.2) is 8.42 Å². The van der Waals surface area contributed by atoms with Crippen molar-refractivity contribution in [2.24, 2.45) is 0 Å². The van der Waals surface area contributed by atoms with Gasteiger partial charge in [0.15, 0.2) is 0 Å².